The Morgan fingerprint density at radius 1 is 1.43 bits per heavy atom. The Bertz CT molecular complexity index is 695. The maximum absolute atomic E-state index is 11.1. The van der Waals surface area contributed by atoms with Crippen molar-refractivity contribution in [3.8, 4) is 17.0 Å². The Kier molecular flexibility index (Phi) is 3.35. The Balaban J connectivity index is 2.05. The van der Waals surface area contributed by atoms with E-state index in [1.165, 1.54) is 6.20 Å². The van der Waals surface area contributed by atoms with Crippen molar-refractivity contribution in [1.82, 2.24) is 4.98 Å². The summed E-state index contributed by atoms with van der Waals surface area (Å²) in [5.74, 6) is 0.360. The third-order valence-corrected chi connectivity index (χ3v) is 3.63. The predicted molar refractivity (Wildman–Crippen MR) is 80.1 cm³/mol. The molecule has 0 spiro atoms. The minimum Gasteiger partial charge on any atom is -0.488 e. The summed E-state index contributed by atoms with van der Waals surface area (Å²) in [5.41, 5.74) is 15.3. The fourth-order valence-corrected chi connectivity index (χ4v) is 2.61. The second-order valence-corrected chi connectivity index (χ2v) is 5.28. The van der Waals surface area contributed by atoms with E-state index in [4.69, 9.17) is 16.2 Å². The number of nitrogens with two attached hydrogens (primary N) is 2. The van der Waals surface area contributed by atoms with Gasteiger partial charge in [0.2, 0.25) is 5.91 Å². The first-order chi connectivity index (χ1) is 10.1. The largest absolute Gasteiger partial charge is 0.488 e. The second-order valence-electron chi connectivity index (χ2n) is 5.28. The van der Waals surface area contributed by atoms with Crippen LogP contribution in [0.3, 0.4) is 0 Å². The summed E-state index contributed by atoms with van der Waals surface area (Å²) in [6, 6.07) is 7.61. The molecule has 2 aromatic rings. The zero-order valence-corrected chi connectivity index (χ0v) is 11.8. The zero-order chi connectivity index (χ0) is 15.0. The third kappa shape index (κ3) is 2.48. The van der Waals surface area contributed by atoms with Crippen LogP contribution in [0.2, 0.25) is 0 Å². The number of primary amides is 1. The SMILES string of the molecule is Cc1cc2c(c(-c3ccc(C(N)=O)cn3)c1)O[C@@H](CN)C2. The first-order valence-electron chi connectivity index (χ1n) is 6.85. The van der Waals surface area contributed by atoms with Crippen LogP contribution in [0.4, 0.5) is 0 Å². The van der Waals surface area contributed by atoms with Gasteiger partial charge in [-0.1, -0.05) is 6.07 Å². The van der Waals surface area contributed by atoms with Crippen LogP contribution in [-0.4, -0.2) is 23.5 Å². The van der Waals surface area contributed by atoms with E-state index < -0.39 is 5.91 Å². The van der Waals surface area contributed by atoms with Gasteiger partial charge in [-0.2, -0.15) is 0 Å². The molecule has 1 aromatic heterocycles. The molecule has 5 nitrogen and oxygen atoms in total. The molecule has 0 bridgehead atoms. The lowest BCUT2D eigenvalue weighted by molar-refractivity contribution is 0.1000. The monoisotopic (exact) mass is 283 g/mol. The van der Waals surface area contributed by atoms with Gasteiger partial charge >= 0.3 is 0 Å². The number of rotatable bonds is 3. The van der Waals surface area contributed by atoms with Gasteiger partial charge in [0.05, 0.1) is 11.3 Å². The summed E-state index contributed by atoms with van der Waals surface area (Å²) in [6.45, 7) is 2.53. The zero-order valence-electron chi connectivity index (χ0n) is 11.8. The van der Waals surface area contributed by atoms with Gasteiger partial charge in [0.15, 0.2) is 0 Å². The van der Waals surface area contributed by atoms with Crippen molar-refractivity contribution >= 4 is 5.91 Å². The number of nitrogens with zero attached hydrogens (tertiary/aromatic N) is 1. The van der Waals surface area contributed by atoms with Crippen molar-refractivity contribution in [3.05, 3.63) is 47.2 Å². The molecule has 1 aromatic carbocycles. The average molecular weight is 283 g/mol. The van der Waals surface area contributed by atoms with Crippen LogP contribution in [-0.2, 0) is 6.42 Å². The Hall–Kier alpha value is -2.40. The van der Waals surface area contributed by atoms with Crippen LogP contribution < -0.4 is 16.2 Å². The highest BCUT2D eigenvalue weighted by atomic mass is 16.5. The van der Waals surface area contributed by atoms with Crippen molar-refractivity contribution in [2.75, 3.05) is 6.54 Å². The van der Waals surface area contributed by atoms with Crippen LogP contribution in [0.5, 0.6) is 5.75 Å². The van der Waals surface area contributed by atoms with E-state index >= 15 is 0 Å². The lowest BCUT2D eigenvalue weighted by Gasteiger charge is -2.11. The lowest BCUT2D eigenvalue weighted by Crippen LogP contribution is -2.24. The summed E-state index contributed by atoms with van der Waals surface area (Å²) in [4.78, 5) is 15.4. The van der Waals surface area contributed by atoms with Gasteiger partial charge in [0, 0.05) is 24.7 Å². The molecule has 21 heavy (non-hydrogen) atoms. The highest BCUT2D eigenvalue weighted by Crippen LogP contribution is 2.38. The molecule has 108 valence electrons. The number of amides is 1. The quantitative estimate of drug-likeness (QED) is 0.891. The maximum Gasteiger partial charge on any atom is 0.250 e. The van der Waals surface area contributed by atoms with Crippen LogP contribution in [0.25, 0.3) is 11.3 Å². The number of aromatic nitrogens is 1. The average Bonchev–Trinajstić information content (AvgIpc) is 2.89. The molecule has 0 unspecified atom stereocenters. The number of fused-ring (bicyclic) bond motifs is 1. The minimum atomic E-state index is -0.483. The Labute approximate surface area is 122 Å². The molecule has 1 atom stereocenters. The van der Waals surface area contributed by atoms with Gasteiger partial charge in [0.1, 0.15) is 11.9 Å². The van der Waals surface area contributed by atoms with E-state index in [0.29, 0.717) is 12.1 Å². The lowest BCUT2D eigenvalue weighted by atomic mass is 10.0. The first kappa shape index (κ1) is 13.6. The number of carbonyl (C=O) groups is 1. The summed E-state index contributed by atoms with van der Waals surface area (Å²) >= 11 is 0. The summed E-state index contributed by atoms with van der Waals surface area (Å²) < 4.78 is 5.92. The van der Waals surface area contributed by atoms with E-state index in [9.17, 15) is 4.79 Å². The minimum absolute atomic E-state index is 0.0189. The van der Waals surface area contributed by atoms with Crippen molar-refractivity contribution < 1.29 is 9.53 Å². The molecular formula is C16H17N3O2. The van der Waals surface area contributed by atoms with Crippen LogP contribution in [0.15, 0.2) is 30.5 Å². The summed E-state index contributed by atoms with van der Waals surface area (Å²) in [7, 11) is 0. The van der Waals surface area contributed by atoms with Gasteiger partial charge in [-0.3, -0.25) is 9.78 Å². The molecule has 0 fully saturated rings. The standard InChI is InChI=1S/C16H17N3O2/c1-9-4-11-6-12(7-17)21-15(11)13(5-9)14-3-2-10(8-19-14)16(18)20/h2-5,8,12H,6-7,17H2,1H3,(H2,18,20)/t12-/m1/s1. The molecule has 2 heterocycles. The normalized spacial score (nSPS) is 16.4. The molecule has 4 N–H and O–H groups in total. The van der Waals surface area contributed by atoms with E-state index in [-0.39, 0.29) is 6.10 Å². The van der Waals surface area contributed by atoms with Gasteiger partial charge in [-0.05, 0) is 36.2 Å². The highest BCUT2D eigenvalue weighted by Gasteiger charge is 2.25. The fourth-order valence-electron chi connectivity index (χ4n) is 2.61. The number of pyridine rings is 1. The molecule has 3 rings (SSSR count). The smallest absolute Gasteiger partial charge is 0.250 e. The molecule has 0 saturated heterocycles. The van der Waals surface area contributed by atoms with Crippen LogP contribution in [0, 0.1) is 6.92 Å². The number of ether oxygens (including phenoxy) is 1. The first-order valence-corrected chi connectivity index (χ1v) is 6.85. The molecule has 1 amide bonds. The van der Waals surface area contributed by atoms with Crippen molar-refractivity contribution in [2.24, 2.45) is 11.5 Å². The van der Waals surface area contributed by atoms with Crippen molar-refractivity contribution in [3.63, 3.8) is 0 Å². The number of benzene rings is 1. The van der Waals surface area contributed by atoms with Gasteiger partial charge < -0.3 is 16.2 Å². The number of hydrogen-bond acceptors (Lipinski definition) is 4. The van der Waals surface area contributed by atoms with Crippen molar-refractivity contribution in [2.45, 2.75) is 19.4 Å². The fraction of sp³-hybridized carbons (Fsp3) is 0.250. The third-order valence-electron chi connectivity index (χ3n) is 3.63. The second kappa shape index (κ2) is 5.18. The maximum atomic E-state index is 11.1. The topological polar surface area (TPSA) is 91.2 Å². The van der Waals surface area contributed by atoms with E-state index in [1.54, 1.807) is 12.1 Å². The number of hydrogen-bond donors (Lipinski definition) is 2. The summed E-state index contributed by atoms with van der Waals surface area (Å²) in [6.07, 6.45) is 2.33. The molecule has 5 heteroatoms. The Morgan fingerprint density at radius 2 is 2.24 bits per heavy atom. The number of aryl methyl sites for hydroxylation is 1. The van der Waals surface area contributed by atoms with E-state index in [0.717, 1.165) is 34.6 Å². The van der Waals surface area contributed by atoms with Crippen LogP contribution in [0.1, 0.15) is 21.5 Å². The molecular weight excluding hydrogens is 266 g/mol. The molecule has 1 aliphatic heterocycles. The van der Waals surface area contributed by atoms with Crippen LogP contribution >= 0.6 is 0 Å². The highest BCUT2D eigenvalue weighted by molar-refractivity contribution is 5.92. The van der Waals surface area contributed by atoms with E-state index in [2.05, 4.69) is 11.1 Å². The predicted octanol–water partition coefficient (Wildman–Crippen LogP) is 1.42. The molecule has 0 aliphatic carbocycles. The number of carbonyl (C=O) groups excluding carboxylic acids is 1. The molecule has 1 aliphatic rings. The van der Waals surface area contributed by atoms with Gasteiger partial charge in [-0.15, -0.1) is 0 Å². The van der Waals surface area contributed by atoms with Crippen molar-refractivity contribution in [1.29, 1.82) is 0 Å². The Morgan fingerprint density at radius 3 is 2.86 bits per heavy atom. The summed E-state index contributed by atoms with van der Waals surface area (Å²) in [5, 5.41) is 0. The van der Waals surface area contributed by atoms with Gasteiger partial charge in [0.25, 0.3) is 0 Å². The van der Waals surface area contributed by atoms with E-state index in [1.807, 2.05) is 13.0 Å². The molecule has 0 saturated carbocycles. The molecule has 0 radical (unpaired) electrons. The van der Waals surface area contributed by atoms with Gasteiger partial charge in [-0.25, -0.2) is 0 Å².